The van der Waals surface area contributed by atoms with Crippen LogP contribution in [0.4, 0.5) is 0 Å². The molecule has 144 valence electrons. The molecule has 0 aliphatic rings. The first-order valence-corrected chi connectivity index (χ1v) is 11.3. The molecule has 0 N–H and O–H groups in total. The van der Waals surface area contributed by atoms with Crippen molar-refractivity contribution in [3.8, 4) is 0 Å². The summed E-state index contributed by atoms with van der Waals surface area (Å²) in [5.41, 5.74) is 0.372. The Hall–Kier alpha value is -0.930. The van der Waals surface area contributed by atoms with Gasteiger partial charge in [0.2, 0.25) is 10.4 Å². The Balaban J connectivity index is 0.000000823. The SMILES string of the molecule is CCN(CC)C(C)(C)C(=O)c1ccc([S+](C)C)cc1.COS(=O)(=O)[O-]. The van der Waals surface area contributed by atoms with Gasteiger partial charge in [-0.15, -0.1) is 0 Å². The minimum Gasteiger partial charge on any atom is -0.726 e. The van der Waals surface area contributed by atoms with Crippen molar-refractivity contribution in [2.24, 2.45) is 0 Å². The van der Waals surface area contributed by atoms with Crippen LogP contribution in [0.5, 0.6) is 0 Å². The second-order valence-electron chi connectivity index (χ2n) is 5.98. The molecule has 0 atom stereocenters. The summed E-state index contributed by atoms with van der Waals surface area (Å²) in [4.78, 5) is 16.2. The molecule has 0 saturated heterocycles. The van der Waals surface area contributed by atoms with Crippen molar-refractivity contribution in [1.82, 2.24) is 4.90 Å². The predicted octanol–water partition coefficient (Wildman–Crippen LogP) is 2.32. The van der Waals surface area contributed by atoms with E-state index in [4.69, 9.17) is 0 Å². The lowest BCUT2D eigenvalue weighted by Crippen LogP contribution is -2.49. The molecule has 0 heterocycles. The third kappa shape index (κ3) is 7.87. The fraction of sp³-hybridized carbons (Fsp3) is 0.588. The van der Waals surface area contributed by atoms with Gasteiger partial charge in [-0.1, -0.05) is 13.8 Å². The van der Waals surface area contributed by atoms with Crippen LogP contribution in [0.15, 0.2) is 29.2 Å². The molecule has 0 fully saturated rings. The third-order valence-electron chi connectivity index (χ3n) is 3.90. The van der Waals surface area contributed by atoms with E-state index in [0.717, 1.165) is 25.8 Å². The second kappa shape index (κ2) is 10.3. The Kier molecular flexibility index (Phi) is 9.89. The van der Waals surface area contributed by atoms with Gasteiger partial charge < -0.3 is 4.55 Å². The van der Waals surface area contributed by atoms with E-state index in [9.17, 15) is 17.8 Å². The van der Waals surface area contributed by atoms with Gasteiger partial charge in [0.05, 0.1) is 12.6 Å². The molecule has 0 aliphatic heterocycles. The van der Waals surface area contributed by atoms with Crippen LogP contribution >= 0.6 is 0 Å². The van der Waals surface area contributed by atoms with Crippen LogP contribution in [0, 0.1) is 0 Å². The highest BCUT2D eigenvalue weighted by Crippen LogP contribution is 2.21. The van der Waals surface area contributed by atoms with Gasteiger partial charge in [0.25, 0.3) is 0 Å². The Labute approximate surface area is 154 Å². The van der Waals surface area contributed by atoms with Crippen molar-refractivity contribution >= 4 is 27.1 Å². The molecule has 0 saturated carbocycles. The minimum atomic E-state index is -4.41. The van der Waals surface area contributed by atoms with Gasteiger partial charge in [-0.2, -0.15) is 0 Å². The molecular weight excluding hydrogens is 362 g/mol. The second-order valence-corrected chi connectivity index (χ2v) is 9.23. The molecule has 0 bridgehead atoms. The number of hydrogen-bond acceptors (Lipinski definition) is 6. The number of nitrogens with zero attached hydrogens (tertiary/aromatic N) is 1. The van der Waals surface area contributed by atoms with Crippen LogP contribution in [0.25, 0.3) is 0 Å². The van der Waals surface area contributed by atoms with E-state index in [0.29, 0.717) is 0 Å². The first kappa shape index (κ1) is 24.1. The van der Waals surface area contributed by atoms with E-state index in [-0.39, 0.29) is 16.7 Å². The fourth-order valence-electron chi connectivity index (χ4n) is 2.39. The smallest absolute Gasteiger partial charge is 0.217 e. The molecule has 0 radical (unpaired) electrons. The van der Waals surface area contributed by atoms with Crippen LogP contribution in [0.1, 0.15) is 38.1 Å². The largest absolute Gasteiger partial charge is 0.726 e. The van der Waals surface area contributed by atoms with Gasteiger partial charge in [-0.05, 0) is 51.2 Å². The zero-order chi connectivity index (χ0) is 19.8. The Bertz CT molecular complexity index is 636. The van der Waals surface area contributed by atoms with Crippen LogP contribution in [0.2, 0.25) is 0 Å². The normalized spacial score (nSPS) is 12.1. The van der Waals surface area contributed by atoms with Crippen molar-refractivity contribution in [2.45, 2.75) is 38.1 Å². The Morgan fingerprint density at radius 3 is 1.84 bits per heavy atom. The molecule has 0 aromatic heterocycles. The minimum absolute atomic E-state index is 0.204. The fourth-order valence-corrected chi connectivity index (χ4v) is 3.07. The van der Waals surface area contributed by atoms with E-state index in [2.05, 4.69) is 47.6 Å². The quantitative estimate of drug-likeness (QED) is 0.307. The standard InChI is InChI=1S/C16H26NOS.CH4O4S/c1-7-17(8-2)16(3,4)15(18)13-9-11-14(12-10-13)19(5)6;1-5-6(2,3)4/h9-12H,7-8H2,1-6H3;1H3,(H,2,3,4)/q+1;/p-1. The van der Waals surface area contributed by atoms with Crippen LogP contribution in [-0.2, 0) is 25.5 Å². The van der Waals surface area contributed by atoms with E-state index >= 15 is 0 Å². The molecule has 1 aromatic rings. The van der Waals surface area contributed by atoms with E-state index in [1.807, 2.05) is 26.0 Å². The topological polar surface area (TPSA) is 86.7 Å². The van der Waals surface area contributed by atoms with Crippen LogP contribution in [0.3, 0.4) is 0 Å². The highest BCUT2D eigenvalue weighted by Gasteiger charge is 2.33. The maximum absolute atomic E-state index is 12.7. The lowest BCUT2D eigenvalue weighted by atomic mass is 9.91. The number of carbonyl (C=O) groups excluding carboxylic acids is 1. The Morgan fingerprint density at radius 2 is 1.56 bits per heavy atom. The molecular formula is C17H29NO5S2. The molecule has 0 spiro atoms. The van der Waals surface area contributed by atoms with E-state index < -0.39 is 15.9 Å². The molecule has 0 amide bonds. The number of likely N-dealkylation sites (N-methyl/N-ethyl adjacent to an activating group) is 1. The van der Waals surface area contributed by atoms with Crippen molar-refractivity contribution in [1.29, 1.82) is 0 Å². The van der Waals surface area contributed by atoms with Crippen molar-refractivity contribution in [3.63, 3.8) is 0 Å². The summed E-state index contributed by atoms with van der Waals surface area (Å²) >= 11 is 0. The lowest BCUT2D eigenvalue weighted by Gasteiger charge is -2.35. The monoisotopic (exact) mass is 391 g/mol. The maximum Gasteiger partial charge on any atom is 0.217 e. The number of benzene rings is 1. The van der Waals surface area contributed by atoms with E-state index in [1.54, 1.807) is 0 Å². The number of rotatable bonds is 7. The average Bonchev–Trinajstić information content (AvgIpc) is 2.55. The summed E-state index contributed by atoms with van der Waals surface area (Å²) in [7, 11) is -3.36. The third-order valence-corrected chi connectivity index (χ3v) is 5.52. The van der Waals surface area contributed by atoms with Crippen LogP contribution in [-0.4, -0.2) is 61.9 Å². The van der Waals surface area contributed by atoms with E-state index in [1.165, 1.54) is 4.90 Å². The van der Waals surface area contributed by atoms with Gasteiger partial charge in [0, 0.05) is 16.5 Å². The van der Waals surface area contributed by atoms with Crippen molar-refractivity contribution in [2.75, 3.05) is 32.7 Å². The molecule has 0 unspecified atom stereocenters. The maximum atomic E-state index is 12.7. The number of carbonyl (C=O) groups is 1. The number of Topliss-reactive ketones (excluding diaryl/α,β-unsaturated/α-hetero) is 1. The first-order valence-electron chi connectivity index (χ1n) is 7.89. The highest BCUT2D eigenvalue weighted by atomic mass is 32.3. The molecule has 1 rings (SSSR count). The molecule has 1 aromatic carbocycles. The van der Waals surface area contributed by atoms with Crippen molar-refractivity contribution in [3.05, 3.63) is 29.8 Å². The number of hydrogen-bond donors (Lipinski definition) is 0. The van der Waals surface area contributed by atoms with Crippen LogP contribution < -0.4 is 0 Å². The summed E-state index contributed by atoms with van der Waals surface area (Å²) in [6, 6.07) is 8.09. The molecule has 0 aliphatic carbocycles. The summed E-state index contributed by atoms with van der Waals surface area (Å²) in [5, 5.41) is 0. The van der Waals surface area contributed by atoms with Gasteiger partial charge in [-0.25, -0.2) is 8.42 Å². The summed E-state index contributed by atoms with van der Waals surface area (Å²) < 4.78 is 31.0. The van der Waals surface area contributed by atoms with Gasteiger partial charge >= 0.3 is 0 Å². The van der Waals surface area contributed by atoms with Gasteiger partial charge in [0.15, 0.2) is 10.7 Å². The first-order chi connectivity index (χ1) is 11.4. The lowest BCUT2D eigenvalue weighted by molar-refractivity contribution is 0.0668. The zero-order valence-corrected chi connectivity index (χ0v) is 17.7. The zero-order valence-electron chi connectivity index (χ0n) is 16.0. The summed E-state index contributed by atoms with van der Waals surface area (Å²) in [5.74, 6) is 0.204. The highest BCUT2D eigenvalue weighted by molar-refractivity contribution is 7.95. The Morgan fingerprint density at radius 1 is 1.16 bits per heavy atom. The average molecular weight is 392 g/mol. The summed E-state index contributed by atoms with van der Waals surface area (Å²) in [6.07, 6.45) is 4.38. The molecule has 25 heavy (non-hydrogen) atoms. The van der Waals surface area contributed by atoms with Gasteiger partial charge in [-0.3, -0.25) is 13.9 Å². The summed E-state index contributed by atoms with van der Waals surface area (Å²) in [6.45, 7) is 10.0. The number of ketones is 1. The predicted molar refractivity (Wildman–Crippen MR) is 102 cm³/mol. The van der Waals surface area contributed by atoms with Gasteiger partial charge in [0.1, 0.15) is 12.5 Å². The molecule has 6 nitrogen and oxygen atoms in total. The molecule has 8 heteroatoms. The van der Waals surface area contributed by atoms with Crippen molar-refractivity contribution < 1.29 is 21.9 Å².